The second-order valence-corrected chi connectivity index (χ2v) is 9.94. The number of alkyl halides is 3. The average molecular weight is 401 g/mol. The first kappa shape index (κ1) is 13.2. The van der Waals surface area contributed by atoms with Crippen molar-refractivity contribution in [2.45, 2.75) is 15.0 Å². The number of carboxylic acids is 1. The lowest BCUT2D eigenvalue weighted by Gasteiger charge is -2.14. The number of halogens is 3. The predicted molar refractivity (Wildman–Crippen MR) is 71.0 cm³/mol. The van der Waals surface area contributed by atoms with Crippen LogP contribution >= 0.6 is 47.8 Å². The van der Waals surface area contributed by atoms with E-state index in [0.29, 0.717) is 0 Å². The second-order valence-electron chi connectivity index (χ2n) is 3.18. The van der Waals surface area contributed by atoms with Crippen LogP contribution in [-0.2, 0) is 6.94 Å². The lowest BCUT2D eigenvalue weighted by atomic mass is 10.0. The minimum absolute atomic E-state index is 0.446. The molecule has 0 radical (unpaired) electrons. The van der Waals surface area contributed by atoms with Crippen LogP contribution in [0.25, 0.3) is 0 Å². The van der Waals surface area contributed by atoms with Crippen molar-refractivity contribution in [3.63, 3.8) is 0 Å². The summed E-state index contributed by atoms with van der Waals surface area (Å²) in [5.41, 5.74) is 1.77. The maximum absolute atomic E-state index is 10.8. The Morgan fingerprint density at radius 2 is 1.73 bits per heavy atom. The Labute approximate surface area is 113 Å². The zero-order valence-corrected chi connectivity index (χ0v) is 12.6. The zero-order valence-electron chi connectivity index (χ0n) is 7.88. The van der Waals surface area contributed by atoms with Crippen molar-refractivity contribution in [2.75, 3.05) is 0 Å². The van der Waals surface area contributed by atoms with Crippen LogP contribution in [0.3, 0.4) is 0 Å². The van der Waals surface area contributed by atoms with E-state index in [1.54, 1.807) is 6.92 Å². The van der Waals surface area contributed by atoms with Crippen molar-refractivity contribution >= 4 is 53.8 Å². The molecule has 1 N–H and O–H groups in total. The van der Waals surface area contributed by atoms with E-state index in [9.17, 15) is 4.79 Å². The minimum Gasteiger partial charge on any atom is -0.481 e. The number of aliphatic carboxylic acids is 1. The Bertz CT molecular complexity index is 354. The summed E-state index contributed by atoms with van der Waals surface area (Å²) in [6.07, 6.45) is 0. The van der Waals surface area contributed by atoms with Gasteiger partial charge < -0.3 is 5.11 Å². The lowest BCUT2D eigenvalue weighted by Crippen LogP contribution is -2.07. The first-order valence-electron chi connectivity index (χ1n) is 4.22. The third-order valence-electron chi connectivity index (χ3n) is 2.11. The van der Waals surface area contributed by atoms with Crippen molar-refractivity contribution in [1.29, 1.82) is 0 Å². The van der Waals surface area contributed by atoms with Crippen molar-refractivity contribution in [2.24, 2.45) is 0 Å². The average Bonchev–Trinajstić information content (AvgIpc) is 2.15. The normalized spacial score (nSPS) is 13.6. The fourth-order valence-electron chi connectivity index (χ4n) is 1.10. The molecule has 0 aliphatic carbocycles. The summed E-state index contributed by atoms with van der Waals surface area (Å²) in [7, 11) is 0. The standard InChI is InChI=1S/C10H9Br3O2/c1-6(9(14)15)7-2-4-8(5-3-7)10(11,12)13/h2-6H,1H3,(H,14,15). The number of rotatable bonds is 2. The van der Waals surface area contributed by atoms with E-state index in [2.05, 4.69) is 47.8 Å². The van der Waals surface area contributed by atoms with Gasteiger partial charge in [-0.25, -0.2) is 0 Å². The fourth-order valence-corrected chi connectivity index (χ4v) is 1.90. The number of carboxylic acid groups (broad SMARTS) is 1. The molecule has 2 nitrogen and oxygen atoms in total. The minimum atomic E-state index is -0.814. The van der Waals surface area contributed by atoms with Crippen LogP contribution in [0.2, 0.25) is 0 Å². The van der Waals surface area contributed by atoms with E-state index >= 15 is 0 Å². The lowest BCUT2D eigenvalue weighted by molar-refractivity contribution is -0.138. The highest BCUT2D eigenvalue weighted by atomic mass is 80.0. The molecule has 5 heteroatoms. The quantitative estimate of drug-likeness (QED) is 0.756. The highest BCUT2D eigenvalue weighted by molar-refractivity contribution is 9.38. The van der Waals surface area contributed by atoms with E-state index in [-0.39, 0.29) is 0 Å². The topological polar surface area (TPSA) is 37.3 Å². The van der Waals surface area contributed by atoms with Crippen LogP contribution in [0.5, 0.6) is 0 Å². The molecule has 1 unspecified atom stereocenters. The SMILES string of the molecule is CC(C(=O)O)c1ccc(C(Br)(Br)Br)cc1. The summed E-state index contributed by atoms with van der Waals surface area (Å²) in [4.78, 5) is 10.8. The Hall–Kier alpha value is 0.130. The van der Waals surface area contributed by atoms with E-state index in [4.69, 9.17) is 5.11 Å². The first-order chi connectivity index (χ1) is 6.82. The molecule has 1 aromatic rings. The van der Waals surface area contributed by atoms with Crippen molar-refractivity contribution in [1.82, 2.24) is 0 Å². The van der Waals surface area contributed by atoms with E-state index in [0.717, 1.165) is 11.1 Å². The molecule has 0 saturated heterocycles. The van der Waals surface area contributed by atoms with Crippen LogP contribution in [0.4, 0.5) is 0 Å². The molecule has 82 valence electrons. The Balaban J connectivity index is 2.95. The summed E-state index contributed by atoms with van der Waals surface area (Å²) in [5.74, 6) is -1.29. The second kappa shape index (κ2) is 4.97. The van der Waals surface area contributed by atoms with E-state index in [1.807, 2.05) is 24.3 Å². The maximum Gasteiger partial charge on any atom is 0.310 e. The van der Waals surface area contributed by atoms with Crippen LogP contribution in [-0.4, -0.2) is 11.1 Å². The van der Waals surface area contributed by atoms with Gasteiger partial charge in [-0.2, -0.15) is 0 Å². The largest absolute Gasteiger partial charge is 0.481 e. The number of carbonyl (C=O) groups is 1. The Morgan fingerprint density at radius 1 is 1.27 bits per heavy atom. The van der Waals surface area contributed by atoms with Gasteiger partial charge in [-0.15, -0.1) is 0 Å². The third kappa shape index (κ3) is 3.57. The molecule has 0 saturated carbocycles. The van der Waals surface area contributed by atoms with Gasteiger partial charge in [0.15, 0.2) is 2.14 Å². The monoisotopic (exact) mass is 398 g/mol. The van der Waals surface area contributed by atoms with Crippen LogP contribution < -0.4 is 0 Å². The highest BCUT2D eigenvalue weighted by Gasteiger charge is 2.21. The van der Waals surface area contributed by atoms with Gasteiger partial charge in [-0.1, -0.05) is 72.1 Å². The summed E-state index contributed by atoms with van der Waals surface area (Å²) < 4.78 is -0.446. The Morgan fingerprint density at radius 3 is 2.07 bits per heavy atom. The fraction of sp³-hybridized carbons (Fsp3) is 0.300. The van der Waals surface area contributed by atoms with Crippen LogP contribution in [0.1, 0.15) is 24.0 Å². The van der Waals surface area contributed by atoms with Gasteiger partial charge in [-0.3, -0.25) is 4.79 Å². The van der Waals surface area contributed by atoms with Crippen LogP contribution in [0.15, 0.2) is 24.3 Å². The van der Waals surface area contributed by atoms with Crippen molar-refractivity contribution in [3.05, 3.63) is 35.4 Å². The molecule has 0 heterocycles. The first-order valence-corrected chi connectivity index (χ1v) is 6.60. The molecule has 0 aliphatic rings. The molecular weight excluding hydrogens is 392 g/mol. The predicted octanol–water partition coefficient (Wildman–Crippen LogP) is 4.17. The summed E-state index contributed by atoms with van der Waals surface area (Å²) in [6.45, 7) is 1.67. The smallest absolute Gasteiger partial charge is 0.310 e. The van der Waals surface area contributed by atoms with Crippen LogP contribution in [0, 0.1) is 0 Å². The molecule has 0 aliphatic heterocycles. The molecule has 15 heavy (non-hydrogen) atoms. The Kier molecular flexibility index (Phi) is 4.38. The zero-order chi connectivity index (χ0) is 11.6. The summed E-state index contributed by atoms with van der Waals surface area (Å²) in [6, 6.07) is 7.36. The summed E-state index contributed by atoms with van der Waals surface area (Å²) >= 11 is 10.2. The van der Waals surface area contributed by atoms with Gasteiger partial charge in [0.1, 0.15) is 0 Å². The van der Waals surface area contributed by atoms with Gasteiger partial charge in [0.2, 0.25) is 0 Å². The van der Waals surface area contributed by atoms with Crippen molar-refractivity contribution in [3.8, 4) is 0 Å². The van der Waals surface area contributed by atoms with Gasteiger partial charge in [0.25, 0.3) is 0 Å². The number of hydrogen-bond acceptors (Lipinski definition) is 1. The van der Waals surface area contributed by atoms with Gasteiger partial charge >= 0.3 is 5.97 Å². The molecule has 1 atom stereocenters. The van der Waals surface area contributed by atoms with Gasteiger partial charge in [0, 0.05) is 0 Å². The molecule has 0 spiro atoms. The third-order valence-corrected chi connectivity index (χ3v) is 3.48. The van der Waals surface area contributed by atoms with E-state index < -0.39 is 14.0 Å². The molecule has 1 aromatic carbocycles. The summed E-state index contributed by atoms with van der Waals surface area (Å²) in [5, 5.41) is 8.84. The molecule has 0 amide bonds. The molecule has 0 bridgehead atoms. The molecule has 0 fully saturated rings. The number of benzene rings is 1. The maximum atomic E-state index is 10.8. The van der Waals surface area contributed by atoms with E-state index in [1.165, 1.54) is 0 Å². The molecular formula is C10H9Br3O2. The highest BCUT2D eigenvalue weighted by Crippen LogP contribution is 2.44. The molecule has 0 aromatic heterocycles. The molecule has 1 rings (SSSR count). The number of hydrogen-bond donors (Lipinski definition) is 1. The van der Waals surface area contributed by atoms with Gasteiger partial charge in [0.05, 0.1) is 5.92 Å². The van der Waals surface area contributed by atoms with Crippen molar-refractivity contribution < 1.29 is 9.90 Å². The van der Waals surface area contributed by atoms with Gasteiger partial charge in [-0.05, 0) is 18.1 Å².